The lowest BCUT2D eigenvalue weighted by molar-refractivity contribution is -0.116. The highest BCUT2D eigenvalue weighted by atomic mass is 16.1. The Bertz CT molecular complexity index is 387. The second-order valence-corrected chi connectivity index (χ2v) is 5.66. The minimum absolute atomic E-state index is 0.120. The Morgan fingerprint density at radius 3 is 2.24 bits per heavy atom. The first-order chi connectivity index (χ1) is 10.3. The number of anilines is 1. The minimum Gasteiger partial charge on any atom is -0.330 e. The van der Waals surface area contributed by atoms with Crippen molar-refractivity contribution in [3.05, 3.63) is 29.8 Å². The molecule has 0 aliphatic heterocycles. The summed E-state index contributed by atoms with van der Waals surface area (Å²) in [6.45, 7) is 2.89. The van der Waals surface area contributed by atoms with E-state index in [2.05, 4.69) is 12.2 Å². The molecule has 1 amide bonds. The zero-order valence-corrected chi connectivity index (χ0v) is 13.4. The predicted molar refractivity (Wildman–Crippen MR) is 90.4 cm³/mol. The Kier molecular flexibility index (Phi) is 9.55. The fourth-order valence-electron chi connectivity index (χ4n) is 2.39. The van der Waals surface area contributed by atoms with Crippen molar-refractivity contribution in [2.75, 3.05) is 11.9 Å². The van der Waals surface area contributed by atoms with Crippen LogP contribution in [0.15, 0.2) is 24.3 Å². The van der Waals surface area contributed by atoms with Gasteiger partial charge in [-0.2, -0.15) is 0 Å². The second-order valence-electron chi connectivity index (χ2n) is 5.66. The van der Waals surface area contributed by atoms with Gasteiger partial charge in [-0.25, -0.2) is 0 Å². The highest BCUT2D eigenvalue weighted by molar-refractivity contribution is 5.90. The van der Waals surface area contributed by atoms with Gasteiger partial charge in [-0.15, -0.1) is 0 Å². The molecule has 0 aromatic heterocycles. The van der Waals surface area contributed by atoms with Crippen LogP contribution in [0.5, 0.6) is 0 Å². The lowest BCUT2D eigenvalue weighted by Gasteiger charge is -2.06. The molecule has 0 bridgehead atoms. The molecule has 0 spiro atoms. The molecule has 3 N–H and O–H groups in total. The van der Waals surface area contributed by atoms with E-state index in [-0.39, 0.29) is 5.91 Å². The molecular weight excluding hydrogens is 260 g/mol. The van der Waals surface area contributed by atoms with Crippen molar-refractivity contribution in [1.29, 1.82) is 0 Å². The molecule has 1 rings (SSSR count). The van der Waals surface area contributed by atoms with Crippen molar-refractivity contribution in [3.63, 3.8) is 0 Å². The molecule has 0 atom stereocenters. The molecule has 0 aliphatic rings. The fraction of sp³-hybridized carbons (Fsp3) is 0.611. The fourth-order valence-corrected chi connectivity index (χ4v) is 2.39. The molecule has 3 heteroatoms. The molecule has 0 aliphatic carbocycles. The Hall–Kier alpha value is -1.35. The largest absolute Gasteiger partial charge is 0.330 e. The topological polar surface area (TPSA) is 55.1 Å². The minimum atomic E-state index is 0.120. The van der Waals surface area contributed by atoms with Crippen molar-refractivity contribution in [3.8, 4) is 0 Å². The van der Waals surface area contributed by atoms with Gasteiger partial charge in [-0.3, -0.25) is 4.79 Å². The first kappa shape index (κ1) is 17.7. The SMILES string of the molecule is CCCCCCCCCC(=O)Nc1ccc(CCN)cc1. The highest BCUT2D eigenvalue weighted by Gasteiger charge is 2.02. The molecule has 1 aromatic rings. The molecule has 0 saturated heterocycles. The first-order valence-electron chi connectivity index (χ1n) is 8.35. The summed E-state index contributed by atoms with van der Waals surface area (Å²) in [6.07, 6.45) is 10.2. The maximum atomic E-state index is 11.8. The zero-order valence-electron chi connectivity index (χ0n) is 13.4. The highest BCUT2D eigenvalue weighted by Crippen LogP contribution is 2.12. The normalized spacial score (nSPS) is 10.6. The van der Waals surface area contributed by atoms with Crippen LogP contribution in [0.2, 0.25) is 0 Å². The van der Waals surface area contributed by atoms with Crippen LogP contribution in [0.1, 0.15) is 63.9 Å². The van der Waals surface area contributed by atoms with Gasteiger partial charge in [0.2, 0.25) is 5.91 Å². The number of nitrogens with one attached hydrogen (secondary N) is 1. The summed E-state index contributed by atoms with van der Waals surface area (Å²) in [5, 5.41) is 2.95. The summed E-state index contributed by atoms with van der Waals surface area (Å²) in [4.78, 5) is 11.8. The standard InChI is InChI=1S/C18H30N2O/c1-2-3-4-5-6-7-8-9-18(21)20-17-12-10-16(11-13-17)14-15-19/h10-13H,2-9,14-15,19H2,1H3,(H,20,21). The van der Waals surface area contributed by atoms with E-state index in [9.17, 15) is 4.79 Å². The first-order valence-corrected chi connectivity index (χ1v) is 8.35. The predicted octanol–water partition coefficient (Wildman–Crippen LogP) is 4.27. The van der Waals surface area contributed by atoms with E-state index in [1.807, 2.05) is 24.3 Å². The number of hydrogen-bond acceptors (Lipinski definition) is 2. The van der Waals surface area contributed by atoms with Crippen LogP contribution in [-0.4, -0.2) is 12.5 Å². The van der Waals surface area contributed by atoms with Crippen LogP contribution < -0.4 is 11.1 Å². The van der Waals surface area contributed by atoms with Crippen molar-refractivity contribution in [2.24, 2.45) is 5.73 Å². The number of benzene rings is 1. The number of carbonyl (C=O) groups is 1. The van der Waals surface area contributed by atoms with E-state index in [0.717, 1.165) is 24.9 Å². The lowest BCUT2D eigenvalue weighted by atomic mass is 10.1. The smallest absolute Gasteiger partial charge is 0.224 e. The number of unbranched alkanes of at least 4 members (excludes halogenated alkanes) is 6. The van der Waals surface area contributed by atoms with Gasteiger partial charge in [0, 0.05) is 12.1 Å². The van der Waals surface area contributed by atoms with Crippen LogP contribution in [0.25, 0.3) is 0 Å². The molecule has 21 heavy (non-hydrogen) atoms. The number of rotatable bonds is 11. The van der Waals surface area contributed by atoms with Gasteiger partial charge in [-0.1, -0.05) is 57.6 Å². The molecule has 1 aromatic carbocycles. The molecule has 0 radical (unpaired) electrons. The molecule has 0 unspecified atom stereocenters. The van der Waals surface area contributed by atoms with E-state index in [1.54, 1.807) is 0 Å². The lowest BCUT2D eigenvalue weighted by Crippen LogP contribution is -2.11. The van der Waals surface area contributed by atoms with Gasteiger partial charge in [0.15, 0.2) is 0 Å². The molecule has 0 heterocycles. The van der Waals surface area contributed by atoms with E-state index < -0.39 is 0 Å². The Morgan fingerprint density at radius 1 is 1.00 bits per heavy atom. The van der Waals surface area contributed by atoms with E-state index in [1.165, 1.54) is 37.7 Å². The second kappa shape index (κ2) is 11.3. The van der Waals surface area contributed by atoms with Crippen LogP contribution >= 0.6 is 0 Å². The average molecular weight is 290 g/mol. The number of hydrogen-bond donors (Lipinski definition) is 2. The van der Waals surface area contributed by atoms with E-state index in [4.69, 9.17) is 5.73 Å². The summed E-state index contributed by atoms with van der Waals surface area (Å²) in [5.41, 5.74) is 7.61. The Morgan fingerprint density at radius 2 is 1.62 bits per heavy atom. The Balaban J connectivity index is 2.12. The number of amides is 1. The van der Waals surface area contributed by atoms with Crippen molar-refractivity contribution >= 4 is 11.6 Å². The van der Waals surface area contributed by atoms with Gasteiger partial charge in [0.1, 0.15) is 0 Å². The van der Waals surface area contributed by atoms with Gasteiger partial charge in [-0.05, 0) is 37.1 Å². The third-order valence-electron chi connectivity index (χ3n) is 3.68. The number of nitrogens with two attached hydrogens (primary N) is 1. The molecule has 3 nitrogen and oxygen atoms in total. The quantitative estimate of drug-likeness (QED) is 0.598. The van der Waals surface area contributed by atoms with Crippen LogP contribution in [-0.2, 0) is 11.2 Å². The maximum absolute atomic E-state index is 11.8. The third kappa shape index (κ3) is 8.51. The van der Waals surface area contributed by atoms with Gasteiger partial charge in [0.05, 0.1) is 0 Å². The van der Waals surface area contributed by atoms with Gasteiger partial charge >= 0.3 is 0 Å². The van der Waals surface area contributed by atoms with Crippen LogP contribution in [0, 0.1) is 0 Å². The summed E-state index contributed by atoms with van der Waals surface area (Å²) in [5.74, 6) is 0.120. The number of carbonyl (C=O) groups excluding carboxylic acids is 1. The molecular formula is C18H30N2O. The zero-order chi connectivity index (χ0) is 15.3. The Labute approximate surface area is 129 Å². The van der Waals surface area contributed by atoms with Gasteiger partial charge < -0.3 is 11.1 Å². The summed E-state index contributed by atoms with van der Waals surface area (Å²) >= 11 is 0. The molecule has 118 valence electrons. The monoisotopic (exact) mass is 290 g/mol. The van der Waals surface area contributed by atoms with Gasteiger partial charge in [0.25, 0.3) is 0 Å². The maximum Gasteiger partial charge on any atom is 0.224 e. The summed E-state index contributed by atoms with van der Waals surface area (Å²) in [6, 6.07) is 7.95. The van der Waals surface area contributed by atoms with Crippen LogP contribution in [0.3, 0.4) is 0 Å². The molecule has 0 saturated carbocycles. The summed E-state index contributed by atoms with van der Waals surface area (Å²) < 4.78 is 0. The average Bonchev–Trinajstić information content (AvgIpc) is 2.49. The van der Waals surface area contributed by atoms with Crippen molar-refractivity contribution in [2.45, 2.75) is 64.7 Å². The van der Waals surface area contributed by atoms with E-state index in [0.29, 0.717) is 13.0 Å². The van der Waals surface area contributed by atoms with Crippen molar-refractivity contribution < 1.29 is 4.79 Å². The summed E-state index contributed by atoms with van der Waals surface area (Å²) in [7, 11) is 0. The van der Waals surface area contributed by atoms with Crippen molar-refractivity contribution in [1.82, 2.24) is 0 Å². The van der Waals surface area contributed by atoms with Crippen LogP contribution in [0.4, 0.5) is 5.69 Å². The molecule has 0 fully saturated rings. The third-order valence-corrected chi connectivity index (χ3v) is 3.68. The van der Waals surface area contributed by atoms with E-state index >= 15 is 0 Å².